The van der Waals surface area contributed by atoms with Crippen molar-refractivity contribution in [1.29, 1.82) is 0 Å². The van der Waals surface area contributed by atoms with Crippen LogP contribution >= 0.6 is 0 Å². The summed E-state index contributed by atoms with van der Waals surface area (Å²) >= 11 is 0. The molecule has 8 heteroatoms. The molecule has 21 heavy (non-hydrogen) atoms. The predicted octanol–water partition coefficient (Wildman–Crippen LogP) is 0.774. The molecule has 0 unspecified atom stereocenters. The molecule has 0 spiro atoms. The van der Waals surface area contributed by atoms with E-state index in [0.29, 0.717) is 0 Å². The summed E-state index contributed by atoms with van der Waals surface area (Å²) in [4.78, 5) is 4.01. The van der Waals surface area contributed by atoms with E-state index in [2.05, 4.69) is 9.38 Å². The third-order valence-electron chi connectivity index (χ3n) is 2.68. The summed E-state index contributed by atoms with van der Waals surface area (Å²) in [5.74, 6) is 5.62. The first-order valence-corrected chi connectivity index (χ1v) is 7.47. The third kappa shape index (κ3) is 3.56. The maximum Gasteiger partial charge on any atom is 0.285 e. The Balaban J connectivity index is 2.31. The van der Waals surface area contributed by atoms with E-state index >= 15 is 0 Å². The molecule has 0 atom stereocenters. The van der Waals surface area contributed by atoms with E-state index in [1.54, 1.807) is 30.3 Å². The summed E-state index contributed by atoms with van der Waals surface area (Å²) < 4.78 is 27.8. The van der Waals surface area contributed by atoms with E-state index < -0.39 is 10.0 Å². The molecule has 2 rings (SSSR count). The SMILES string of the molecule is Cc1ccc(S(=O)(=O)/N=C(\N)N(N)c2ccccn2)cc1. The van der Waals surface area contributed by atoms with Crippen LogP contribution < -0.4 is 16.6 Å². The Morgan fingerprint density at radius 1 is 1.19 bits per heavy atom. The molecule has 0 bridgehead atoms. The van der Waals surface area contributed by atoms with Crippen LogP contribution in [0.15, 0.2) is 58.0 Å². The van der Waals surface area contributed by atoms with Crippen molar-refractivity contribution in [3.8, 4) is 0 Å². The Morgan fingerprint density at radius 3 is 2.43 bits per heavy atom. The quantitative estimate of drug-likeness (QED) is 0.375. The van der Waals surface area contributed by atoms with Crippen LogP contribution in [0.5, 0.6) is 0 Å². The second-order valence-corrected chi connectivity index (χ2v) is 5.90. The van der Waals surface area contributed by atoms with Crippen LogP contribution in [0, 0.1) is 6.92 Å². The van der Waals surface area contributed by atoms with E-state index in [1.807, 2.05) is 6.92 Å². The van der Waals surface area contributed by atoms with Crippen molar-refractivity contribution in [3.05, 3.63) is 54.2 Å². The number of pyridine rings is 1. The molecular formula is C13H15N5O2S. The molecule has 0 fully saturated rings. The molecule has 2 aromatic rings. The molecule has 1 aromatic carbocycles. The lowest BCUT2D eigenvalue weighted by Gasteiger charge is -2.15. The molecule has 1 heterocycles. The van der Waals surface area contributed by atoms with E-state index in [9.17, 15) is 8.42 Å². The van der Waals surface area contributed by atoms with Crippen LogP contribution in [0.4, 0.5) is 5.82 Å². The topological polar surface area (TPSA) is 115 Å². The number of nitrogens with zero attached hydrogens (tertiary/aromatic N) is 3. The summed E-state index contributed by atoms with van der Waals surface area (Å²) in [7, 11) is -3.92. The Bertz CT molecular complexity index is 742. The van der Waals surface area contributed by atoms with Crippen molar-refractivity contribution in [2.24, 2.45) is 16.0 Å². The maximum atomic E-state index is 12.1. The van der Waals surface area contributed by atoms with Crippen molar-refractivity contribution in [2.45, 2.75) is 11.8 Å². The number of nitrogens with two attached hydrogens (primary N) is 2. The molecule has 0 aliphatic rings. The van der Waals surface area contributed by atoms with Crippen molar-refractivity contribution in [2.75, 3.05) is 5.01 Å². The van der Waals surface area contributed by atoms with E-state index in [0.717, 1.165) is 10.6 Å². The van der Waals surface area contributed by atoms with E-state index in [4.69, 9.17) is 11.6 Å². The molecule has 0 radical (unpaired) electrons. The second kappa shape index (κ2) is 5.90. The van der Waals surface area contributed by atoms with Crippen molar-refractivity contribution < 1.29 is 8.42 Å². The maximum absolute atomic E-state index is 12.1. The first-order valence-electron chi connectivity index (χ1n) is 6.03. The van der Waals surface area contributed by atoms with Crippen LogP contribution in [0.3, 0.4) is 0 Å². The van der Waals surface area contributed by atoms with Gasteiger partial charge in [0.2, 0.25) is 5.96 Å². The number of benzene rings is 1. The monoisotopic (exact) mass is 305 g/mol. The van der Waals surface area contributed by atoms with Crippen LogP contribution in [0.2, 0.25) is 0 Å². The normalized spacial score (nSPS) is 12.2. The number of sulfonamides is 1. The van der Waals surface area contributed by atoms with Gasteiger partial charge < -0.3 is 5.73 Å². The lowest BCUT2D eigenvalue weighted by atomic mass is 10.2. The summed E-state index contributed by atoms with van der Waals surface area (Å²) in [6, 6.07) is 11.3. The average molecular weight is 305 g/mol. The Hall–Kier alpha value is -2.45. The van der Waals surface area contributed by atoms with Gasteiger partial charge >= 0.3 is 0 Å². The minimum absolute atomic E-state index is 0.0467. The van der Waals surface area contributed by atoms with Gasteiger partial charge in [0, 0.05) is 6.20 Å². The fourth-order valence-electron chi connectivity index (χ4n) is 1.54. The third-order valence-corrected chi connectivity index (χ3v) is 3.97. The Morgan fingerprint density at radius 2 is 1.86 bits per heavy atom. The molecule has 0 saturated heterocycles. The van der Waals surface area contributed by atoms with Gasteiger partial charge in [-0.25, -0.2) is 15.8 Å². The van der Waals surface area contributed by atoms with Crippen molar-refractivity contribution in [3.63, 3.8) is 0 Å². The first-order chi connectivity index (χ1) is 9.90. The number of hydrogen-bond donors (Lipinski definition) is 2. The molecule has 4 N–H and O–H groups in total. The highest BCUT2D eigenvalue weighted by Crippen LogP contribution is 2.14. The molecule has 0 aliphatic carbocycles. The summed E-state index contributed by atoms with van der Waals surface area (Å²) in [6.45, 7) is 1.86. The zero-order chi connectivity index (χ0) is 15.5. The molecule has 0 aliphatic heterocycles. The molecule has 1 aromatic heterocycles. The van der Waals surface area contributed by atoms with Crippen LogP contribution in [0.1, 0.15) is 5.56 Å². The number of guanidine groups is 1. The molecule has 0 amide bonds. The zero-order valence-corrected chi connectivity index (χ0v) is 12.2. The molecule has 0 saturated carbocycles. The van der Waals surface area contributed by atoms with Crippen LogP contribution in [-0.4, -0.2) is 19.4 Å². The van der Waals surface area contributed by atoms with Gasteiger partial charge in [0.1, 0.15) is 5.82 Å². The largest absolute Gasteiger partial charge is 0.367 e. The number of rotatable bonds is 3. The van der Waals surface area contributed by atoms with Gasteiger partial charge in [-0.1, -0.05) is 23.8 Å². The summed E-state index contributed by atoms with van der Waals surface area (Å²) in [5.41, 5.74) is 6.58. The van der Waals surface area contributed by atoms with Gasteiger partial charge in [-0.15, -0.1) is 4.40 Å². The Labute approximate surface area is 123 Å². The number of anilines is 1. The standard InChI is InChI=1S/C13H15N5O2S/c1-10-5-7-11(8-6-10)21(19,20)17-13(14)18(15)12-4-2-3-9-16-12/h2-9H,15H2,1H3,(H2,14,17). The van der Waals surface area contributed by atoms with Crippen LogP contribution in [-0.2, 0) is 10.0 Å². The first kappa shape index (κ1) is 14.9. The van der Waals surface area contributed by atoms with Gasteiger partial charge in [-0.3, -0.25) is 0 Å². The lowest BCUT2D eigenvalue weighted by Crippen LogP contribution is -2.44. The zero-order valence-electron chi connectivity index (χ0n) is 11.3. The van der Waals surface area contributed by atoms with Gasteiger partial charge in [-0.2, -0.15) is 8.42 Å². The highest BCUT2D eigenvalue weighted by atomic mass is 32.2. The summed E-state index contributed by atoms with van der Waals surface area (Å²) in [6.07, 6.45) is 1.51. The van der Waals surface area contributed by atoms with Crippen LogP contribution in [0.25, 0.3) is 0 Å². The fourth-order valence-corrected chi connectivity index (χ4v) is 2.46. The van der Waals surface area contributed by atoms with E-state index in [1.165, 1.54) is 18.3 Å². The van der Waals surface area contributed by atoms with Crippen molar-refractivity contribution in [1.82, 2.24) is 4.98 Å². The molecular weight excluding hydrogens is 290 g/mol. The average Bonchev–Trinajstić information content (AvgIpc) is 2.47. The van der Waals surface area contributed by atoms with E-state index in [-0.39, 0.29) is 16.7 Å². The van der Waals surface area contributed by atoms with Gasteiger partial charge in [0.15, 0.2) is 0 Å². The Kier molecular flexibility index (Phi) is 4.20. The smallest absolute Gasteiger partial charge is 0.285 e. The highest BCUT2D eigenvalue weighted by molar-refractivity contribution is 7.90. The lowest BCUT2D eigenvalue weighted by molar-refractivity contribution is 0.598. The van der Waals surface area contributed by atoms with Gasteiger partial charge in [0.25, 0.3) is 10.0 Å². The van der Waals surface area contributed by atoms with Crippen molar-refractivity contribution >= 4 is 21.8 Å². The number of hydrogen-bond acceptors (Lipinski definition) is 4. The fraction of sp³-hybridized carbons (Fsp3) is 0.0769. The minimum atomic E-state index is -3.92. The number of aryl methyl sites for hydroxylation is 1. The molecule has 110 valence electrons. The highest BCUT2D eigenvalue weighted by Gasteiger charge is 2.16. The number of aromatic nitrogens is 1. The minimum Gasteiger partial charge on any atom is -0.367 e. The molecule has 7 nitrogen and oxygen atoms in total. The van der Waals surface area contributed by atoms with Gasteiger partial charge in [0.05, 0.1) is 4.90 Å². The summed E-state index contributed by atoms with van der Waals surface area (Å²) in [5, 5.41) is 0.908. The second-order valence-electron chi connectivity index (χ2n) is 4.30. The number of hydrazine groups is 1. The predicted molar refractivity (Wildman–Crippen MR) is 80.9 cm³/mol. The van der Waals surface area contributed by atoms with Gasteiger partial charge in [-0.05, 0) is 31.2 Å².